The maximum atomic E-state index is 6.04. The quantitative estimate of drug-likeness (QED) is 0.893. The SMILES string of the molecule is CCCN1C(N)=NCC1(C)c1ccc(OC)cc1OC. The molecule has 0 aliphatic carbocycles. The molecule has 20 heavy (non-hydrogen) atoms. The van der Waals surface area contributed by atoms with Crippen LogP contribution in [0.2, 0.25) is 0 Å². The highest BCUT2D eigenvalue weighted by Gasteiger charge is 2.41. The van der Waals surface area contributed by atoms with E-state index in [0.29, 0.717) is 12.5 Å². The molecule has 1 heterocycles. The molecule has 0 spiro atoms. The predicted molar refractivity (Wildman–Crippen MR) is 80.4 cm³/mol. The first kappa shape index (κ1) is 14.5. The van der Waals surface area contributed by atoms with Crippen molar-refractivity contribution in [1.82, 2.24) is 4.90 Å². The summed E-state index contributed by atoms with van der Waals surface area (Å²) in [5.74, 6) is 2.19. The van der Waals surface area contributed by atoms with Crippen molar-refractivity contribution in [3.8, 4) is 11.5 Å². The van der Waals surface area contributed by atoms with Crippen LogP contribution in [-0.4, -0.2) is 38.2 Å². The zero-order chi connectivity index (χ0) is 14.8. The van der Waals surface area contributed by atoms with Gasteiger partial charge in [0.25, 0.3) is 0 Å². The van der Waals surface area contributed by atoms with E-state index in [4.69, 9.17) is 15.2 Å². The summed E-state index contributed by atoms with van der Waals surface area (Å²) in [6.45, 7) is 5.80. The Bertz CT molecular complexity index is 516. The fourth-order valence-corrected chi connectivity index (χ4v) is 2.72. The number of nitrogens with two attached hydrogens (primary N) is 1. The molecule has 2 N–H and O–H groups in total. The van der Waals surface area contributed by atoms with Gasteiger partial charge < -0.3 is 20.1 Å². The summed E-state index contributed by atoms with van der Waals surface area (Å²) in [6, 6.07) is 5.88. The van der Waals surface area contributed by atoms with Crippen molar-refractivity contribution < 1.29 is 9.47 Å². The first-order chi connectivity index (χ1) is 9.56. The number of aliphatic imine (C=N–C) groups is 1. The first-order valence-electron chi connectivity index (χ1n) is 6.87. The van der Waals surface area contributed by atoms with Crippen LogP contribution in [0.15, 0.2) is 23.2 Å². The summed E-state index contributed by atoms with van der Waals surface area (Å²) in [6.07, 6.45) is 1.02. The number of hydrogen-bond donors (Lipinski definition) is 1. The summed E-state index contributed by atoms with van der Waals surface area (Å²) in [5.41, 5.74) is 6.85. The Balaban J connectivity index is 2.44. The molecule has 1 unspecified atom stereocenters. The van der Waals surface area contributed by atoms with Crippen LogP contribution in [-0.2, 0) is 5.54 Å². The topological polar surface area (TPSA) is 60.1 Å². The van der Waals surface area contributed by atoms with E-state index in [0.717, 1.165) is 30.0 Å². The van der Waals surface area contributed by atoms with Gasteiger partial charge in [-0.15, -0.1) is 0 Å². The monoisotopic (exact) mass is 277 g/mol. The molecule has 0 radical (unpaired) electrons. The van der Waals surface area contributed by atoms with Crippen molar-refractivity contribution >= 4 is 5.96 Å². The highest BCUT2D eigenvalue weighted by molar-refractivity contribution is 5.81. The number of methoxy groups -OCH3 is 2. The van der Waals surface area contributed by atoms with Gasteiger partial charge in [-0.25, -0.2) is 0 Å². The Morgan fingerprint density at radius 1 is 1.35 bits per heavy atom. The van der Waals surface area contributed by atoms with Gasteiger partial charge in [-0.1, -0.05) is 6.92 Å². The van der Waals surface area contributed by atoms with E-state index >= 15 is 0 Å². The molecule has 1 aromatic rings. The maximum absolute atomic E-state index is 6.04. The van der Waals surface area contributed by atoms with Crippen LogP contribution in [0, 0.1) is 0 Å². The lowest BCUT2D eigenvalue weighted by Crippen LogP contribution is -2.47. The fourth-order valence-electron chi connectivity index (χ4n) is 2.72. The van der Waals surface area contributed by atoms with Gasteiger partial charge in [-0.2, -0.15) is 0 Å². The van der Waals surface area contributed by atoms with Crippen LogP contribution in [0.5, 0.6) is 11.5 Å². The van der Waals surface area contributed by atoms with Crippen LogP contribution >= 0.6 is 0 Å². The van der Waals surface area contributed by atoms with Gasteiger partial charge in [0.05, 0.1) is 26.3 Å². The number of hydrogen-bond acceptors (Lipinski definition) is 5. The Morgan fingerprint density at radius 2 is 2.10 bits per heavy atom. The molecule has 1 aromatic carbocycles. The lowest BCUT2D eigenvalue weighted by atomic mass is 9.90. The Kier molecular flexibility index (Phi) is 4.06. The van der Waals surface area contributed by atoms with E-state index in [2.05, 4.69) is 23.7 Å². The average Bonchev–Trinajstić information content (AvgIpc) is 2.76. The summed E-state index contributed by atoms with van der Waals surface area (Å²) in [4.78, 5) is 6.57. The highest BCUT2D eigenvalue weighted by Crippen LogP contribution is 2.39. The highest BCUT2D eigenvalue weighted by atomic mass is 16.5. The molecule has 1 aliphatic rings. The second-order valence-corrected chi connectivity index (χ2v) is 5.17. The molecule has 0 saturated heterocycles. The van der Waals surface area contributed by atoms with Gasteiger partial charge in [0.1, 0.15) is 11.5 Å². The zero-order valence-corrected chi connectivity index (χ0v) is 12.6. The molecule has 1 atom stereocenters. The molecular weight excluding hydrogens is 254 g/mol. The van der Waals surface area contributed by atoms with E-state index < -0.39 is 0 Å². The summed E-state index contributed by atoms with van der Waals surface area (Å²) in [5, 5.41) is 0. The van der Waals surface area contributed by atoms with Crippen LogP contribution in [0.4, 0.5) is 0 Å². The third-order valence-electron chi connectivity index (χ3n) is 3.86. The second kappa shape index (κ2) is 5.61. The Labute approximate surface area is 120 Å². The number of nitrogens with zero attached hydrogens (tertiary/aromatic N) is 2. The second-order valence-electron chi connectivity index (χ2n) is 5.17. The molecule has 5 heteroatoms. The maximum Gasteiger partial charge on any atom is 0.192 e. The molecular formula is C15H23N3O2. The van der Waals surface area contributed by atoms with Crippen LogP contribution < -0.4 is 15.2 Å². The zero-order valence-electron chi connectivity index (χ0n) is 12.6. The van der Waals surface area contributed by atoms with Gasteiger partial charge in [0, 0.05) is 18.2 Å². The molecule has 0 aromatic heterocycles. The van der Waals surface area contributed by atoms with Crippen molar-refractivity contribution in [2.45, 2.75) is 25.8 Å². The minimum absolute atomic E-state index is 0.266. The van der Waals surface area contributed by atoms with Gasteiger partial charge in [-0.3, -0.25) is 4.99 Å². The molecule has 1 aliphatic heterocycles. The van der Waals surface area contributed by atoms with Gasteiger partial charge in [0.2, 0.25) is 0 Å². The number of ether oxygens (including phenoxy) is 2. The standard InChI is InChI=1S/C15H23N3O2/c1-5-8-18-14(16)17-10-15(18,2)12-7-6-11(19-3)9-13(12)20-4/h6-7,9H,5,8,10H2,1-4H3,(H2,16,17). The molecule has 5 nitrogen and oxygen atoms in total. The molecule has 2 rings (SSSR count). The largest absolute Gasteiger partial charge is 0.497 e. The summed E-state index contributed by atoms with van der Waals surface area (Å²) in [7, 11) is 3.32. The Morgan fingerprint density at radius 3 is 2.70 bits per heavy atom. The summed E-state index contributed by atoms with van der Waals surface area (Å²) < 4.78 is 10.8. The van der Waals surface area contributed by atoms with Crippen LogP contribution in [0.3, 0.4) is 0 Å². The lowest BCUT2D eigenvalue weighted by molar-refractivity contribution is 0.218. The first-order valence-corrected chi connectivity index (χ1v) is 6.87. The molecule has 110 valence electrons. The number of rotatable bonds is 5. The summed E-state index contributed by atoms with van der Waals surface area (Å²) >= 11 is 0. The fraction of sp³-hybridized carbons (Fsp3) is 0.533. The molecule has 0 bridgehead atoms. The third kappa shape index (κ3) is 2.28. The lowest BCUT2D eigenvalue weighted by Gasteiger charge is -2.37. The van der Waals surface area contributed by atoms with Crippen molar-refractivity contribution in [3.63, 3.8) is 0 Å². The van der Waals surface area contributed by atoms with Gasteiger partial charge in [0.15, 0.2) is 5.96 Å². The van der Waals surface area contributed by atoms with Gasteiger partial charge in [-0.05, 0) is 25.5 Å². The smallest absolute Gasteiger partial charge is 0.192 e. The third-order valence-corrected chi connectivity index (χ3v) is 3.86. The van der Waals surface area contributed by atoms with Crippen molar-refractivity contribution in [3.05, 3.63) is 23.8 Å². The predicted octanol–water partition coefficient (Wildman–Crippen LogP) is 1.96. The van der Waals surface area contributed by atoms with Crippen LogP contribution in [0.1, 0.15) is 25.8 Å². The minimum atomic E-state index is -0.266. The minimum Gasteiger partial charge on any atom is -0.497 e. The molecule has 0 fully saturated rings. The number of guanidine groups is 1. The van der Waals surface area contributed by atoms with Crippen molar-refractivity contribution in [2.75, 3.05) is 27.3 Å². The number of benzene rings is 1. The normalized spacial score (nSPS) is 21.8. The van der Waals surface area contributed by atoms with Crippen molar-refractivity contribution in [1.29, 1.82) is 0 Å². The van der Waals surface area contributed by atoms with Crippen LogP contribution in [0.25, 0.3) is 0 Å². The van der Waals surface area contributed by atoms with Crippen molar-refractivity contribution in [2.24, 2.45) is 10.7 Å². The van der Waals surface area contributed by atoms with E-state index in [-0.39, 0.29) is 5.54 Å². The average molecular weight is 277 g/mol. The molecule has 0 saturated carbocycles. The Hall–Kier alpha value is -1.91. The van der Waals surface area contributed by atoms with Gasteiger partial charge >= 0.3 is 0 Å². The van der Waals surface area contributed by atoms with E-state index in [9.17, 15) is 0 Å². The van der Waals surface area contributed by atoms with E-state index in [1.165, 1.54) is 0 Å². The van der Waals surface area contributed by atoms with E-state index in [1.54, 1.807) is 14.2 Å². The van der Waals surface area contributed by atoms with E-state index in [1.807, 2.05) is 18.2 Å². The molecule has 0 amide bonds.